The molecule has 17 heavy (non-hydrogen) atoms. The average molecular weight is 265 g/mol. The number of hydrogen-bond donors (Lipinski definition) is 1. The molecule has 5 nitrogen and oxygen atoms in total. The second kappa shape index (κ2) is 8.02. The Morgan fingerprint density at radius 2 is 1.88 bits per heavy atom. The molecule has 0 radical (unpaired) electrons. The summed E-state index contributed by atoms with van der Waals surface area (Å²) >= 11 is 0. The zero-order valence-electron chi connectivity index (χ0n) is 10.5. The number of hydrogen-bond acceptors (Lipinski definition) is 5. The summed E-state index contributed by atoms with van der Waals surface area (Å²) in [7, 11) is -2.78. The van der Waals surface area contributed by atoms with Gasteiger partial charge >= 0.3 is 0 Å². The lowest BCUT2D eigenvalue weighted by atomic mass is 10.3. The number of rotatable bonds is 9. The molecule has 0 aromatic heterocycles. The maximum Gasteiger partial charge on any atom is 0.151 e. The summed E-state index contributed by atoms with van der Waals surface area (Å²) in [5, 5.41) is 3.19. The van der Waals surface area contributed by atoms with Gasteiger partial charge in [0, 0.05) is 19.2 Å². The van der Waals surface area contributed by atoms with Crippen LogP contribution in [-0.2, 0) is 19.3 Å². The summed E-state index contributed by atoms with van der Waals surface area (Å²) in [6, 6.07) is 0.111. The Kier molecular flexibility index (Phi) is 7.03. The Morgan fingerprint density at radius 1 is 1.18 bits per heavy atom. The van der Waals surface area contributed by atoms with Crippen LogP contribution < -0.4 is 5.32 Å². The van der Waals surface area contributed by atoms with Gasteiger partial charge in [-0.05, 0) is 12.8 Å². The molecule has 0 aromatic rings. The third-order valence-electron chi connectivity index (χ3n) is 2.63. The van der Waals surface area contributed by atoms with Gasteiger partial charge in [-0.15, -0.1) is 0 Å². The Balaban J connectivity index is 1.88. The molecule has 0 bridgehead atoms. The highest BCUT2D eigenvalue weighted by Gasteiger charge is 2.26. The van der Waals surface area contributed by atoms with Crippen LogP contribution >= 0.6 is 0 Å². The van der Waals surface area contributed by atoms with Crippen molar-refractivity contribution < 1.29 is 17.9 Å². The van der Waals surface area contributed by atoms with Crippen LogP contribution in [0.25, 0.3) is 0 Å². The molecule has 0 aliphatic carbocycles. The molecule has 0 spiro atoms. The fourth-order valence-corrected chi connectivity index (χ4v) is 3.47. The van der Waals surface area contributed by atoms with Crippen LogP contribution in [0.3, 0.4) is 0 Å². The van der Waals surface area contributed by atoms with Crippen LogP contribution in [0.15, 0.2) is 0 Å². The van der Waals surface area contributed by atoms with Crippen molar-refractivity contribution in [2.75, 3.05) is 44.5 Å². The van der Waals surface area contributed by atoms with Crippen LogP contribution in [0.2, 0.25) is 0 Å². The second-order valence-corrected chi connectivity index (χ2v) is 6.51. The van der Waals surface area contributed by atoms with E-state index in [1.165, 1.54) is 0 Å². The van der Waals surface area contributed by atoms with Gasteiger partial charge in [-0.2, -0.15) is 0 Å². The normalized spacial score (nSPS) is 23.0. The minimum absolute atomic E-state index is 0.111. The van der Waals surface area contributed by atoms with Gasteiger partial charge in [0.2, 0.25) is 0 Å². The molecule has 1 atom stereocenters. The molecule has 1 fully saturated rings. The van der Waals surface area contributed by atoms with Gasteiger partial charge in [-0.3, -0.25) is 0 Å². The molecule has 6 heteroatoms. The first kappa shape index (κ1) is 14.9. The smallest absolute Gasteiger partial charge is 0.151 e. The molecular formula is C11H23NO4S. The van der Waals surface area contributed by atoms with Gasteiger partial charge in [-0.1, -0.05) is 6.92 Å². The lowest BCUT2D eigenvalue weighted by Crippen LogP contribution is -2.33. The quantitative estimate of drug-likeness (QED) is 0.604. The molecule has 1 heterocycles. The van der Waals surface area contributed by atoms with Crippen molar-refractivity contribution in [3.8, 4) is 0 Å². The van der Waals surface area contributed by atoms with E-state index in [9.17, 15) is 8.42 Å². The highest BCUT2D eigenvalue weighted by Crippen LogP contribution is 2.10. The zero-order chi connectivity index (χ0) is 12.6. The zero-order valence-corrected chi connectivity index (χ0v) is 11.3. The Labute approximate surface area is 104 Å². The maximum atomic E-state index is 11.2. The van der Waals surface area contributed by atoms with Gasteiger partial charge in [-0.25, -0.2) is 8.42 Å². The predicted octanol–water partition coefficient (Wildman–Crippen LogP) is 0.206. The van der Waals surface area contributed by atoms with Crippen LogP contribution in [0.5, 0.6) is 0 Å². The fraction of sp³-hybridized carbons (Fsp3) is 1.00. The van der Waals surface area contributed by atoms with Gasteiger partial charge in [0.05, 0.1) is 31.3 Å². The average Bonchev–Trinajstić information content (AvgIpc) is 2.62. The van der Waals surface area contributed by atoms with E-state index >= 15 is 0 Å². The summed E-state index contributed by atoms with van der Waals surface area (Å²) in [4.78, 5) is 0. The lowest BCUT2D eigenvalue weighted by Gasteiger charge is -2.10. The molecule has 1 saturated heterocycles. The topological polar surface area (TPSA) is 64.6 Å². The second-order valence-electron chi connectivity index (χ2n) is 4.28. The summed E-state index contributed by atoms with van der Waals surface area (Å²) in [6.07, 6.45) is 1.75. The maximum absolute atomic E-state index is 11.2. The molecule has 1 unspecified atom stereocenters. The lowest BCUT2D eigenvalue weighted by molar-refractivity contribution is 0.0486. The summed E-state index contributed by atoms with van der Waals surface area (Å²) in [5.74, 6) is 0.586. The van der Waals surface area contributed by atoms with Crippen LogP contribution in [-0.4, -0.2) is 58.9 Å². The van der Waals surface area contributed by atoms with E-state index in [2.05, 4.69) is 12.2 Å². The molecule has 1 rings (SSSR count). The standard InChI is InChI=1S/C11H23NO4S/c1-2-5-15-7-8-16-6-4-12-11-3-9-17(13,14)10-11/h11-12H,2-10H2,1H3. The van der Waals surface area contributed by atoms with E-state index in [1.807, 2.05) is 0 Å². The van der Waals surface area contributed by atoms with Crippen LogP contribution in [0.4, 0.5) is 0 Å². The first-order valence-electron chi connectivity index (χ1n) is 6.23. The van der Waals surface area contributed by atoms with Gasteiger partial charge in [0.1, 0.15) is 0 Å². The van der Waals surface area contributed by atoms with E-state index in [0.29, 0.717) is 32.1 Å². The Morgan fingerprint density at radius 3 is 2.47 bits per heavy atom. The van der Waals surface area contributed by atoms with E-state index in [1.54, 1.807) is 0 Å². The van der Waals surface area contributed by atoms with Gasteiger partial charge in [0.15, 0.2) is 9.84 Å². The molecule has 1 aliphatic heterocycles. The minimum atomic E-state index is -2.78. The van der Waals surface area contributed by atoms with Crippen molar-refractivity contribution in [2.45, 2.75) is 25.8 Å². The van der Waals surface area contributed by atoms with Gasteiger partial charge < -0.3 is 14.8 Å². The Bertz CT molecular complexity index is 292. The molecule has 102 valence electrons. The SMILES string of the molecule is CCCOCCOCCNC1CCS(=O)(=O)C1. The molecule has 1 aliphatic rings. The van der Waals surface area contributed by atoms with E-state index in [0.717, 1.165) is 19.4 Å². The highest BCUT2D eigenvalue weighted by atomic mass is 32.2. The van der Waals surface area contributed by atoms with Crippen molar-refractivity contribution >= 4 is 9.84 Å². The third-order valence-corrected chi connectivity index (χ3v) is 4.40. The van der Waals surface area contributed by atoms with Crippen LogP contribution in [0, 0.1) is 0 Å². The van der Waals surface area contributed by atoms with E-state index in [-0.39, 0.29) is 11.8 Å². The fourth-order valence-electron chi connectivity index (χ4n) is 1.76. The molecule has 0 saturated carbocycles. The molecular weight excluding hydrogens is 242 g/mol. The first-order valence-corrected chi connectivity index (χ1v) is 8.05. The summed E-state index contributed by atoms with van der Waals surface area (Å²) in [6.45, 7) is 5.39. The van der Waals surface area contributed by atoms with Crippen molar-refractivity contribution in [3.63, 3.8) is 0 Å². The van der Waals surface area contributed by atoms with Gasteiger partial charge in [0.25, 0.3) is 0 Å². The van der Waals surface area contributed by atoms with Crippen molar-refractivity contribution in [2.24, 2.45) is 0 Å². The van der Waals surface area contributed by atoms with Crippen molar-refractivity contribution in [3.05, 3.63) is 0 Å². The summed E-state index contributed by atoms with van der Waals surface area (Å²) < 4.78 is 33.0. The highest BCUT2D eigenvalue weighted by molar-refractivity contribution is 7.91. The number of nitrogens with one attached hydrogen (secondary N) is 1. The minimum Gasteiger partial charge on any atom is -0.379 e. The van der Waals surface area contributed by atoms with Crippen molar-refractivity contribution in [1.82, 2.24) is 5.32 Å². The molecule has 0 amide bonds. The monoisotopic (exact) mass is 265 g/mol. The van der Waals surface area contributed by atoms with Crippen molar-refractivity contribution in [1.29, 1.82) is 0 Å². The number of sulfone groups is 1. The summed E-state index contributed by atoms with van der Waals surface area (Å²) in [5.41, 5.74) is 0. The van der Waals surface area contributed by atoms with Crippen LogP contribution in [0.1, 0.15) is 19.8 Å². The molecule has 0 aromatic carbocycles. The Hall–Kier alpha value is -0.170. The first-order chi connectivity index (χ1) is 8.14. The molecule has 1 N–H and O–H groups in total. The van der Waals surface area contributed by atoms with E-state index < -0.39 is 9.84 Å². The largest absolute Gasteiger partial charge is 0.379 e. The number of ether oxygens (including phenoxy) is 2. The van der Waals surface area contributed by atoms with E-state index in [4.69, 9.17) is 9.47 Å². The predicted molar refractivity (Wildman–Crippen MR) is 67.0 cm³/mol. The third kappa shape index (κ3) is 6.98.